The third-order valence-corrected chi connectivity index (χ3v) is 7.17. The van der Waals surface area contributed by atoms with Crippen molar-refractivity contribution in [3.8, 4) is 0 Å². The summed E-state index contributed by atoms with van der Waals surface area (Å²) in [5.74, 6) is 0.550. The number of rotatable bonds is 4. The van der Waals surface area contributed by atoms with Crippen molar-refractivity contribution in [2.75, 3.05) is 25.1 Å². The van der Waals surface area contributed by atoms with Crippen molar-refractivity contribution in [3.05, 3.63) is 20.8 Å². The van der Waals surface area contributed by atoms with Gasteiger partial charge in [0.1, 0.15) is 0 Å². The van der Waals surface area contributed by atoms with Crippen LogP contribution in [0.4, 0.5) is 0 Å². The largest absolute Gasteiger partial charge is 0.329 e. The van der Waals surface area contributed by atoms with E-state index in [1.54, 1.807) is 11.3 Å². The fourth-order valence-corrected chi connectivity index (χ4v) is 5.94. The summed E-state index contributed by atoms with van der Waals surface area (Å²) in [6, 6.07) is 2.16. The van der Waals surface area contributed by atoms with E-state index in [1.807, 2.05) is 18.5 Å². The first-order valence-corrected chi connectivity index (χ1v) is 9.29. The first-order chi connectivity index (χ1) is 8.44. The Labute approximate surface area is 120 Å². The molecule has 102 valence electrons. The van der Waals surface area contributed by atoms with E-state index in [1.165, 1.54) is 4.88 Å². The van der Waals surface area contributed by atoms with Gasteiger partial charge in [0.25, 0.3) is 0 Å². The summed E-state index contributed by atoms with van der Waals surface area (Å²) in [6.07, 6.45) is 0.707. The Morgan fingerprint density at radius 2 is 2.39 bits per heavy atom. The Morgan fingerprint density at radius 3 is 2.83 bits per heavy atom. The number of hydrogen-bond acceptors (Lipinski definition) is 5. The van der Waals surface area contributed by atoms with Crippen LogP contribution in [0, 0.1) is 0 Å². The Bertz CT molecular complexity index is 515. The molecule has 0 saturated carbocycles. The topological polar surface area (TPSA) is 63.4 Å². The van der Waals surface area contributed by atoms with Gasteiger partial charge in [-0.25, -0.2) is 8.42 Å². The van der Waals surface area contributed by atoms with Crippen LogP contribution in [0.2, 0.25) is 0 Å². The summed E-state index contributed by atoms with van der Waals surface area (Å²) >= 11 is 5.17. The molecule has 1 aliphatic rings. The van der Waals surface area contributed by atoms with E-state index in [4.69, 9.17) is 5.73 Å². The van der Waals surface area contributed by atoms with Crippen molar-refractivity contribution in [1.82, 2.24) is 4.90 Å². The van der Waals surface area contributed by atoms with Crippen LogP contribution in [0.1, 0.15) is 17.3 Å². The van der Waals surface area contributed by atoms with Gasteiger partial charge in [-0.1, -0.05) is 0 Å². The van der Waals surface area contributed by atoms with Gasteiger partial charge in [-0.15, -0.1) is 11.3 Å². The van der Waals surface area contributed by atoms with Crippen LogP contribution < -0.4 is 5.73 Å². The SMILES string of the molecule is CN(C1CCS(=O)(=O)C1)C(CN)c1sccc1Br. The lowest BCUT2D eigenvalue weighted by Gasteiger charge is -2.31. The van der Waals surface area contributed by atoms with Crippen LogP contribution in [0.3, 0.4) is 0 Å². The van der Waals surface area contributed by atoms with Crippen LogP contribution >= 0.6 is 27.3 Å². The predicted molar refractivity (Wildman–Crippen MR) is 78.6 cm³/mol. The van der Waals surface area contributed by atoms with Gasteiger partial charge in [0.05, 0.1) is 17.5 Å². The molecule has 2 atom stereocenters. The van der Waals surface area contributed by atoms with Gasteiger partial charge in [-0.05, 0) is 40.8 Å². The first kappa shape index (κ1) is 14.5. The molecule has 0 spiro atoms. The number of nitrogens with two attached hydrogens (primary N) is 1. The number of halogens is 1. The van der Waals surface area contributed by atoms with Gasteiger partial charge in [0.2, 0.25) is 0 Å². The monoisotopic (exact) mass is 352 g/mol. The molecule has 7 heteroatoms. The quantitative estimate of drug-likeness (QED) is 0.894. The van der Waals surface area contributed by atoms with Crippen molar-refractivity contribution >= 4 is 37.1 Å². The maximum absolute atomic E-state index is 11.5. The molecule has 0 aliphatic carbocycles. The molecule has 1 saturated heterocycles. The fraction of sp³-hybridized carbons (Fsp3) is 0.636. The number of thiophene rings is 1. The Kier molecular flexibility index (Phi) is 4.48. The molecular weight excluding hydrogens is 336 g/mol. The molecule has 1 aliphatic heterocycles. The molecule has 0 radical (unpaired) electrons. The average molecular weight is 353 g/mol. The zero-order chi connectivity index (χ0) is 13.3. The Hall–Kier alpha value is 0.0500. The first-order valence-electron chi connectivity index (χ1n) is 5.80. The van der Waals surface area contributed by atoms with E-state index in [0.29, 0.717) is 18.7 Å². The zero-order valence-electron chi connectivity index (χ0n) is 10.2. The highest BCUT2D eigenvalue weighted by Crippen LogP contribution is 2.34. The highest BCUT2D eigenvalue weighted by Gasteiger charge is 2.34. The van der Waals surface area contributed by atoms with Crippen LogP contribution in [0.25, 0.3) is 0 Å². The van der Waals surface area contributed by atoms with E-state index in [-0.39, 0.29) is 17.8 Å². The molecule has 2 rings (SSSR count). The summed E-state index contributed by atoms with van der Waals surface area (Å²) in [5, 5.41) is 2.02. The normalized spacial score (nSPS) is 24.6. The number of likely N-dealkylation sites (N-methyl/N-ethyl adjacent to an activating group) is 1. The molecule has 2 N–H and O–H groups in total. The second-order valence-corrected chi connectivity index (χ2v) is 8.64. The minimum Gasteiger partial charge on any atom is -0.329 e. The van der Waals surface area contributed by atoms with E-state index in [9.17, 15) is 8.42 Å². The Balaban J connectivity index is 2.17. The molecule has 0 aromatic carbocycles. The van der Waals surface area contributed by atoms with Crippen molar-refractivity contribution < 1.29 is 8.42 Å². The van der Waals surface area contributed by atoms with E-state index in [2.05, 4.69) is 20.8 Å². The van der Waals surface area contributed by atoms with Gasteiger partial charge in [0, 0.05) is 21.9 Å². The summed E-state index contributed by atoms with van der Waals surface area (Å²) in [5.41, 5.74) is 5.86. The molecule has 1 aromatic rings. The summed E-state index contributed by atoms with van der Waals surface area (Å²) < 4.78 is 24.1. The van der Waals surface area contributed by atoms with Crippen LogP contribution in [0.15, 0.2) is 15.9 Å². The predicted octanol–water partition coefficient (Wildman–Crippen LogP) is 1.63. The minimum atomic E-state index is -2.85. The van der Waals surface area contributed by atoms with Gasteiger partial charge < -0.3 is 5.73 Å². The fourth-order valence-electron chi connectivity index (χ4n) is 2.35. The van der Waals surface area contributed by atoms with Gasteiger partial charge in [0.15, 0.2) is 9.84 Å². The Morgan fingerprint density at radius 1 is 1.67 bits per heavy atom. The van der Waals surface area contributed by atoms with Crippen LogP contribution in [-0.2, 0) is 9.84 Å². The molecule has 18 heavy (non-hydrogen) atoms. The summed E-state index contributed by atoms with van der Waals surface area (Å²) in [6.45, 7) is 0.492. The number of nitrogens with zero attached hydrogens (tertiary/aromatic N) is 1. The number of sulfone groups is 1. The van der Waals surface area contributed by atoms with Crippen molar-refractivity contribution in [2.45, 2.75) is 18.5 Å². The lowest BCUT2D eigenvalue weighted by Crippen LogP contribution is -2.39. The van der Waals surface area contributed by atoms with Gasteiger partial charge in [-0.2, -0.15) is 0 Å². The molecule has 1 fully saturated rings. The molecule has 1 aromatic heterocycles. The summed E-state index contributed by atoms with van der Waals surface area (Å²) in [4.78, 5) is 3.28. The second kappa shape index (κ2) is 5.58. The smallest absolute Gasteiger partial charge is 0.151 e. The maximum atomic E-state index is 11.5. The van der Waals surface area contributed by atoms with Crippen molar-refractivity contribution in [2.24, 2.45) is 5.73 Å². The lowest BCUT2D eigenvalue weighted by molar-refractivity contribution is 0.194. The number of hydrogen-bond donors (Lipinski definition) is 1. The zero-order valence-corrected chi connectivity index (χ0v) is 13.4. The standard InChI is InChI=1S/C11H17BrN2O2S2/c1-14(8-3-5-18(15,16)7-8)10(6-13)11-9(12)2-4-17-11/h2,4,8,10H,3,5-7,13H2,1H3. The molecular formula is C11H17BrN2O2S2. The lowest BCUT2D eigenvalue weighted by atomic mass is 10.1. The third kappa shape index (κ3) is 2.96. The molecule has 2 heterocycles. The van der Waals surface area contributed by atoms with E-state index >= 15 is 0 Å². The molecule has 0 amide bonds. The highest BCUT2D eigenvalue weighted by atomic mass is 79.9. The average Bonchev–Trinajstić information content (AvgIpc) is 2.87. The highest BCUT2D eigenvalue weighted by molar-refractivity contribution is 9.10. The van der Waals surface area contributed by atoms with Crippen LogP contribution in [-0.4, -0.2) is 44.5 Å². The maximum Gasteiger partial charge on any atom is 0.151 e. The molecule has 0 bridgehead atoms. The van der Waals surface area contributed by atoms with Gasteiger partial charge in [-0.3, -0.25) is 4.90 Å². The minimum absolute atomic E-state index is 0.0811. The van der Waals surface area contributed by atoms with Crippen LogP contribution in [0.5, 0.6) is 0 Å². The molecule has 2 unspecified atom stereocenters. The van der Waals surface area contributed by atoms with E-state index in [0.717, 1.165) is 4.47 Å². The molecule has 4 nitrogen and oxygen atoms in total. The van der Waals surface area contributed by atoms with Crippen molar-refractivity contribution in [3.63, 3.8) is 0 Å². The second-order valence-electron chi connectivity index (χ2n) is 4.61. The third-order valence-electron chi connectivity index (χ3n) is 3.45. The van der Waals surface area contributed by atoms with Gasteiger partial charge >= 0.3 is 0 Å². The summed E-state index contributed by atoms with van der Waals surface area (Å²) in [7, 11) is -0.885. The van der Waals surface area contributed by atoms with Crippen molar-refractivity contribution in [1.29, 1.82) is 0 Å². The van der Waals surface area contributed by atoms with E-state index < -0.39 is 9.84 Å².